The zero-order valence-electron chi connectivity index (χ0n) is 10.6. The molecule has 3 heterocycles. The molecule has 0 aromatic carbocycles. The van der Waals surface area contributed by atoms with Crippen LogP contribution in [0.3, 0.4) is 0 Å². The molecule has 0 atom stereocenters. The van der Waals surface area contributed by atoms with E-state index in [1.165, 1.54) is 11.3 Å². The van der Waals surface area contributed by atoms with E-state index in [1.807, 2.05) is 29.1 Å². The molecule has 0 aliphatic rings. The normalized spacial score (nSPS) is 11.2. The lowest BCUT2D eigenvalue weighted by molar-refractivity contribution is 0.507. The summed E-state index contributed by atoms with van der Waals surface area (Å²) in [6.45, 7) is 3.42. The molecule has 0 aliphatic heterocycles. The number of rotatable bonds is 4. The molecule has 0 aliphatic carbocycles. The van der Waals surface area contributed by atoms with Crippen LogP contribution in [0.1, 0.15) is 12.1 Å². The van der Waals surface area contributed by atoms with Crippen LogP contribution in [0, 0.1) is 6.92 Å². The summed E-state index contributed by atoms with van der Waals surface area (Å²) in [7, 11) is 0. The second kappa shape index (κ2) is 4.97. The highest BCUT2D eigenvalue weighted by molar-refractivity contribution is 7.17. The molecular weight excluding hydrogens is 260 g/mol. The summed E-state index contributed by atoms with van der Waals surface area (Å²) in [5.74, 6) is 0. The first kappa shape index (κ1) is 12.1. The Morgan fingerprint density at radius 2 is 2.26 bits per heavy atom. The van der Waals surface area contributed by atoms with E-state index in [4.69, 9.17) is 0 Å². The monoisotopic (exact) mass is 274 g/mol. The predicted octanol–water partition coefficient (Wildman–Crippen LogP) is 2.05. The summed E-state index contributed by atoms with van der Waals surface area (Å²) in [6.07, 6.45) is 6.32. The lowest BCUT2D eigenvalue weighted by Crippen LogP contribution is -2.23. The first-order chi connectivity index (χ1) is 9.25. The Morgan fingerprint density at radius 3 is 3.05 bits per heavy atom. The fraction of sp³-hybridized carbons (Fsp3) is 0.308. The zero-order chi connectivity index (χ0) is 13.2. The summed E-state index contributed by atoms with van der Waals surface area (Å²) in [4.78, 5) is 16.2. The van der Waals surface area contributed by atoms with Crippen molar-refractivity contribution >= 4 is 21.4 Å². The molecule has 0 spiro atoms. The number of nitrogens with zero attached hydrogens (tertiary/aromatic N) is 4. The minimum absolute atomic E-state index is 0.0150. The molecule has 0 bridgehead atoms. The van der Waals surface area contributed by atoms with Crippen LogP contribution in [0.4, 0.5) is 0 Å². The highest BCUT2D eigenvalue weighted by Crippen LogP contribution is 2.18. The summed E-state index contributed by atoms with van der Waals surface area (Å²) < 4.78 is 4.38. The van der Waals surface area contributed by atoms with Gasteiger partial charge in [-0.15, -0.1) is 11.3 Å². The number of hydrogen-bond acceptors (Lipinski definition) is 4. The first-order valence-corrected chi connectivity index (χ1v) is 7.04. The molecule has 0 unspecified atom stereocenters. The number of fused-ring (bicyclic) bond motifs is 1. The van der Waals surface area contributed by atoms with E-state index < -0.39 is 0 Å². The molecule has 0 radical (unpaired) electrons. The fourth-order valence-corrected chi connectivity index (χ4v) is 3.02. The van der Waals surface area contributed by atoms with Crippen molar-refractivity contribution < 1.29 is 0 Å². The van der Waals surface area contributed by atoms with E-state index in [-0.39, 0.29) is 5.56 Å². The molecule has 0 saturated heterocycles. The zero-order valence-corrected chi connectivity index (χ0v) is 11.4. The van der Waals surface area contributed by atoms with Crippen molar-refractivity contribution in [1.82, 2.24) is 19.3 Å². The van der Waals surface area contributed by atoms with E-state index >= 15 is 0 Å². The number of thiophene rings is 1. The first-order valence-electron chi connectivity index (χ1n) is 6.16. The molecule has 3 rings (SSSR count). The third-order valence-electron chi connectivity index (χ3n) is 3.10. The fourth-order valence-electron chi connectivity index (χ4n) is 2.13. The van der Waals surface area contributed by atoms with Gasteiger partial charge in [0.15, 0.2) is 0 Å². The van der Waals surface area contributed by atoms with Crippen LogP contribution in [-0.4, -0.2) is 19.3 Å². The van der Waals surface area contributed by atoms with Gasteiger partial charge in [-0.3, -0.25) is 4.79 Å². The Kier molecular flexibility index (Phi) is 3.16. The average molecular weight is 274 g/mol. The van der Waals surface area contributed by atoms with Crippen LogP contribution < -0.4 is 5.56 Å². The summed E-state index contributed by atoms with van der Waals surface area (Å²) in [6, 6.07) is 1.96. The second-order valence-electron chi connectivity index (χ2n) is 4.43. The summed E-state index contributed by atoms with van der Waals surface area (Å²) in [5, 5.41) is 7.29. The van der Waals surface area contributed by atoms with Crippen LogP contribution in [0.25, 0.3) is 10.1 Å². The van der Waals surface area contributed by atoms with Crippen molar-refractivity contribution in [1.29, 1.82) is 0 Å². The Hall–Kier alpha value is -1.95. The van der Waals surface area contributed by atoms with Gasteiger partial charge in [-0.1, -0.05) is 0 Å². The summed E-state index contributed by atoms with van der Waals surface area (Å²) >= 11 is 1.48. The molecule has 6 heteroatoms. The molecule has 19 heavy (non-hydrogen) atoms. The van der Waals surface area contributed by atoms with E-state index in [1.54, 1.807) is 17.2 Å². The topological polar surface area (TPSA) is 52.7 Å². The third-order valence-corrected chi connectivity index (χ3v) is 4.00. The third kappa shape index (κ3) is 2.31. The van der Waals surface area contributed by atoms with Gasteiger partial charge in [0.1, 0.15) is 4.70 Å². The van der Waals surface area contributed by atoms with Gasteiger partial charge in [0, 0.05) is 30.9 Å². The Labute approximate surface area is 114 Å². The lowest BCUT2D eigenvalue weighted by Gasteiger charge is -2.07. The number of imidazole rings is 1. The summed E-state index contributed by atoms with van der Waals surface area (Å²) in [5.41, 5.74) is 0.930. The maximum Gasteiger partial charge on any atom is 0.284 e. The van der Waals surface area contributed by atoms with E-state index in [9.17, 15) is 4.79 Å². The smallest absolute Gasteiger partial charge is 0.284 e. The predicted molar refractivity (Wildman–Crippen MR) is 75.5 cm³/mol. The van der Waals surface area contributed by atoms with Crippen molar-refractivity contribution in [3.8, 4) is 0 Å². The standard InChI is InChI=1S/C13H14N4OS/c1-10-11-3-8-19-12(11)13(18)17(15-10)6-2-5-16-7-4-14-9-16/h3-4,7-9H,2,5-6H2,1H3. The second-order valence-corrected chi connectivity index (χ2v) is 5.35. The highest BCUT2D eigenvalue weighted by Gasteiger charge is 2.08. The largest absolute Gasteiger partial charge is 0.337 e. The van der Waals surface area contributed by atoms with Crippen molar-refractivity contribution in [3.63, 3.8) is 0 Å². The van der Waals surface area contributed by atoms with Crippen LogP contribution in [0.15, 0.2) is 35.0 Å². The Bertz CT molecular complexity index is 742. The van der Waals surface area contributed by atoms with E-state index in [0.717, 1.165) is 28.7 Å². The van der Waals surface area contributed by atoms with Crippen molar-refractivity contribution in [2.24, 2.45) is 0 Å². The minimum Gasteiger partial charge on any atom is -0.337 e. The SMILES string of the molecule is Cc1nn(CCCn2ccnc2)c(=O)c2sccc12. The van der Waals surface area contributed by atoms with Gasteiger partial charge in [-0.2, -0.15) is 5.10 Å². The average Bonchev–Trinajstić information content (AvgIpc) is 3.06. The van der Waals surface area contributed by atoms with Gasteiger partial charge < -0.3 is 4.57 Å². The van der Waals surface area contributed by atoms with E-state index in [0.29, 0.717) is 6.54 Å². The Balaban J connectivity index is 1.81. The minimum atomic E-state index is 0.0150. The maximum absolute atomic E-state index is 12.2. The van der Waals surface area contributed by atoms with Gasteiger partial charge in [-0.05, 0) is 24.8 Å². The molecule has 0 N–H and O–H groups in total. The van der Waals surface area contributed by atoms with Gasteiger partial charge in [0.2, 0.25) is 0 Å². The quantitative estimate of drug-likeness (QED) is 0.731. The molecule has 0 amide bonds. The molecular formula is C13H14N4OS. The van der Waals surface area contributed by atoms with Crippen molar-refractivity contribution in [2.45, 2.75) is 26.4 Å². The van der Waals surface area contributed by atoms with Gasteiger partial charge in [0.05, 0.1) is 12.0 Å². The van der Waals surface area contributed by atoms with Gasteiger partial charge >= 0.3 is 0 Å². The van der Waals surface area contributed by atoms with Gasteiger partial charge in [-0.25, -0.2) is 9.67 Å². The highest BCUT2D eigenvalue weighted by atomic mass is 32.1. The lowest BCUT2D eigenvalue weighted by atomic mass is 10.3. The Morgan fingerprint density at radius 1 is 1.37 bits per heavy atom. The molecule has 98 valence electrons. The molecule has 5 nitrogen and oxygen atoms in total. The molecule has 0 fully saturated rings. The van der Waals surface area contributed by atoms with Crippen LogP contribution in [0.5, 0.6) is 0 Å². The van der Waals surface area contributed by atoms with Gasteiger partial charge in [0.25, 0.3) is 5.56 Å². The van der Waals surface area contributed by atoms with Crippen LogP contribution in [-0.2, 0) is 13.1 Å². The number of hydrogen-bond donors (Lipinski definition) is 0. The van der Waals surface area contributed by atoms with Crippen LogP contribution in [0.2, 0.25) is 0 Å². The van der Waals surface area contributed by atoms with E-state index in [2.05, 4.69) is 10.1 Å². The molecule has 0 saturated carbocycles. The van der Waals surface area contributed by atoms with Crippen LogP contribution >= 0.6 is 11.3 Å². The molecule has 3 aromatic heterocycles. The van der Waals surface area contributed by atoms with Crippen molar-refractivity contribution in [3.05, 3.63) is 46.2 Å². The number of aromatic nitrogens is 4. The van der Waals surface area contributed by atoms with Crippen molar-refractivity contribution in [2.75, 3.05) is 0 Å². The molecule has 3 aromatic rings. The maximum atomic E-state index is 12.2. The number of aryl methyl sites for hydroxylation is 3.